The molecule has 0 bridgehead atoms. The molecular formula is C16H19N3OS. The molecule has 4 nitrogen and oxygen atoms in total. The van der Waals surface area contributed by atoms with Gasteiger partial charge in [0.1, 0.15) is 0 Å². The van der Waals surface area contributed by atoms with Crippen molar-refractivity contribution in [2.75, 3.05) is 18.0 Å². The molecule has 0 atom stereocenters. The van der Waals surface area contributed by atoms with E-state index in [9.17, 15) is 4.79 Å². The summed E-state index contributed by atoms with van der Waals surface area (Å²) in [6.07, 6.45) is 1.65. The Morgan fingerprint density at radius 3 is 2.52 bits per heavy atom. The van der Waals surface area contributed by atoms with Crippen molar-refractivity contribution in [2.24, 2.45) is 5.10 Å². The highest BCUT2D eigenvalue weighted by molar-refractivity contribution is 7.12. The fraction of sp³-hybridized carbons (Fsp3) is 0.250. The number of hydrogen-bond acceptors (Lipinski definition) is 4. The molecule has 1 N–H and O–H groups in total. The summed E-state index contributed by atoms with van der Waals surface area (Å²) in [6.45, 7) is 6.25. The molecule has 21 heavy (non-hydrogen) atoms. The molecule has 0 saturated heterocycles. The van der Waals surface area contributed by atoms with Gasteiger partial charge in [0.15, 0.2) is 0 Å². The Bertz CT molecular complexity index is 586. The quantitative estimate of drug-likeness (QED) is 0.657. The number of hydrogen-bond donors (Lipinski definition) is 1. The highest BCUT2D eigenvalue weighted by atomic mass is 32.1. The van der Waals surface area contributed by atoms with E-state index in [1.807, 2.05) is 23.6 Å². The van der Waals surface area contributed by atoms with Crippen molar-refractivity contribution in [2.45, 2.75) is 13.8 Å². The van der Waals surface area contributed by atoms with Crippen molar-refractivity contribution in [1.29, 1.82) is 0 Å². The fourth-order valence-electron chi connectivity index (χ4n) is 1.99. The summed E-state index contributed by atoms with van der Waals surface area (Å²) < 4.78 is 0. The molecule has 2 aromatic rings. The highest BCUT2D eigenvalue weighted by Gasteiger charge is 2.04. The largest absolute Gasteiger partial charge is 0.372 e. The van der Waals surface area contributed by atoms with Gasteiger partial charge in [0, 0.05) is 18.8 Å². The second-order valence-electron chi connectivity index (χ2n) is 4.44. The molecule has 0 unspecified atom stereocenters. The lowest BCUT2D eigenvalue weighted by atomic mass is 10.2. The molecule has 1 aromatic heterocycles. The third-order valence-electron chi connectivity index (χ3n) is 3.15. The molecule has 0 spiro atoms. The van der Waals surface area contributed by atoms with Crippen molar-refractivity contribution in [3.8, 4) is 0 Å². The van der Waals surface area contributed by atoms with E-state index < -0.39 is 0 Å². The monoisotopic (exact) mass is 301 g/mol. The SMILES string of the molecule is CCN(CC)c1ccc(/C=N/NC(=O)c2cccs2)cc1. The summed E-state index contributed by atoms with van der Waals surface area (Å²) >= 11 is 1.40. The summed E-state index contributed by atoms with van der Waals surface area (Å²) in [5, 5.41) is 5.85. The molecule has 0 radical (unpaired) electrons. The van der Waals surface area contributed by atoms with E-state index in [0.29, 0.717) is 4.88 Å². The first-order chi connectivity index (χ1) is 10.2. The van der Waals surface area contributed by atoms with Crippen LogP contribution in [0.4, 0.5) is 5.69 Å². The molecule has 110 valence electrons. The first-order valence-corrected chi connectivity index (χ1v) is 7.84. The van der Waals surface area contributed by atoms with Gasteiger partial charge >= 0.3 is 0 Å². The van der Waals surface area contributed by atoms with Crippen molar-refractivity contribution >= 4 is 29.1 Å². The van der Waals surface area contributed by atoms with Crippen LogP contribution in [0.25, 0.3) is 0 Å². The number of benzene rings is 1. The van der Waals surface area contributed by atoms with Crippen LogP contribution in [0.2, 0.25) is 0 Å². The molecule has 2 rings (SSSR count). The third kappa shape index (κ3) is 4.16. The number of thiophene rings is 1. The Labute approximate surface area is 129 Å². The molecule has 5 heteroatoms. The molecule has 1 aromatic carbocycles. The topological polar surface area (TPSA) is 44.7 Å². The van der Waals surface area contributed by atoms with Crippen LogP contribution in [-0.4, -0.2) is 25.2 Å². The van der Waals surface area contributed by atoms with E-state index >= 15 is 0 Å². The summed E-state index contributed by atoms with van der Waals surface area (Å²) in [5.74, 6) is -0.180. The lowest BCUT2D eigenvalue weighted by Gasteiger charge is -2.20. The van der Waals surface area contributed by atoms with Crippen molar-refractivity contribution in [1.82, 2.24) is 5.43 Å². The second-order valence-corrected chi connectivity index (χ2v) is 5.39. The predicted octanol–water partition coefficient (Wildman–Crippen LogP) is 3.36. The maximum Gasteiger partial charge on any atom is 0.281 e. The average molecular weight is 301 g/mol. The minimum Gasteiger partial charge on any atom is -0.372 e. The zero-order valence-electron chi connectivity index (χ0n) is 12.2. The van der Waals surface area contributed by atoms with Gasteiger partial charge in [-0.1, -0.05) is 18.2 Å². The normalized spacial score (nSPS) is 10.8. The van der Waals surface area contributed by atoms with Gasteiger partial charge in [0.2, 0.25) is 0 Å². The Balaban J connectivity index is 1.94. The molecule has 1 heterocycles. The number of nitrogens with zero attached hydrogens (tertiary/aromatic N) is 2. The van der Waals surface area contributed by atoms with Gasteiger partial charge in [-0.2, -0.15) is 5.10 Å². The molecule has 0 aliphatic rings. The molecule has 1 amide bonds. The van der Waals surface area contributed by atoms with Gasteiger partial charge < -0.3 is 4.90 Å². The smallest absolute Gasteiger partial charge is 0.281 e. The van der Waals surface area contributed by atoms with Crippen LogP contribution in [0.15, 0.2) is 46.9 Å². The van der Waals surface area contributed by atoms with Crippen LogP contribution >= 0.6 is 11.3 Å². The number of carbonyl (C=O) groups excluding carboxylic acids is 1. The number of anilines is 1. The predicted molar refractivity (Wildman–Crippen MR) is 89.4 cm³/mol. The van der Waals surface area contributed by atoms with E-state index in [0.717, 1.165) is 18.7 Å². The average Bonchev–Trinajstić information content (AvgIpc) is 3.04. The lowest BCUT2D eigenvalue weighted by molar-refractivity contribution is 0.0959. The number of rotatable bonds is 6. The first kappa shape index (κ1) is 15.3. The standard InChI is InChI=1S/C16H19N3OS/c1-3-19(4-2)14-9-7-13(8-10-14)12-17-18-16(20)15-6-5-11-21-15/h5-12H,3-4H2,1-2H3,(H,18,20)/b17-12+. The second kappa shape index (κ2) is 7.59. The van der Waals surface area contributed by atoms with Crippen LogP contribution in [0.1, 0.15) is 29.1 Å². The Morgan fingerprint density at radius 2 is 1.95 bits per heavy atom. The van der Waals surface area contributed by atoms with Gasteiger partial charge in [-0.25, -0.2) is 5.43 Å². The van der Waals surface area contributed by atoms with Crippen LogP contribution in [0.5, 0.6) is 0 Å². The van der Waals surface area contributed by atoms with Crippen LogP contribution < -0.4 is 10.3 Å². The number of nitrogens with one attached hydrogen (secondary N) is 1. The number of carbonyl (C=O) groups is 1. The first-order valence-electron chi connectivity index (χ1n) is 6.96. The van der Waals surface area contributed by atoms with Crippen molar-refractivity contribution in [3.63, 3.8) is 0 Å². The van der Waals surface area contributed by atoms with E-state index in [2.05, 4.69) is 41.4 Å². The molecule has 0 aliphatic carbocycles. The van der Waals surface area contributed by atoms with E-state index in [1.54, 1.807) is 12.3 Å². The minimum absolute atomic E-state index is 0.180. The van der Waals surface area contributed by atoms with Crippen molar-refractivity contribution in [3.05, 3.63) is 52.2 Å². The van der Waals surface area contributed by atoms with E-state index in [-0.39, 0.29) is 5.91 Å². The lowest BCUT2D eigenvalue weighted by Crippen LogP contribution is -2.21. The molecule has 0 saturated carbocycles. The number of hydrazone groups is 1. The third-order valence-corrected chi connectivity index (χ3v) is 4.01. The fourth-order valence-corrected chi connectivity index (χ4v) is 2.60. The van der Waals surface area contributed by atoms with Gasteiger partial charge in [-0.3, -0.25) is 4.79 Å². The summed E-state index contributed by atoms with van der Waals surface area (Å²) in [6, 6.07) is 11.7. The van der Waals surface area contributed by atoms with E-state index in [4.69, 9.17) is 0 Å². The Kier molecular flexibility index (Phi) is 5.51. The number of amides is 1. The summed E-state index contributed by atoms with van der Waals surface area (Å²) in [4.78, 5) is 14.6. The van der Waals surface area contributed by atoms with Gasteiger partial charge in [-0.05, 0) is 43.0 Å². The van der Waals surface area contributed by atoms with Crippen LogP contribution in [0, 0.1) is 0 Å². The zero-order chi connectivity index (χ0) is 15.1. The maximum atomic E-state index is 11.7. The van der Waals surface area contributed by atoms with Gasteiger partial charge in [0.25, 0.3) is 5.91 Å². The van der Waals surface area contributed by atoms with Crippen LogP contribution in [0.3, 0.4) is 0 Å². The van der Waals surface area contributed by atoms with Crippen LogP contribution in [-0.2, 0) is 0 Å². The summed E-state index contributed by atoms with van der Waals surface area (Å²) in [7, 11) is 0. The van der Waals surface area contributed by atoms with Crippen molar-refractivity contribution < 1.29 is 4.79 Å². The maximum absolute atomic E-state index is 11.7. The summed E-state index contributed by atoms with van der Waals surface area (Å²) in [5.41, 5.74) is 4.67. The van der Waals surface area contributed by atoms with E-state index in [1.165, 1.54) is 17.0 Å². The molecule has 0 aliphatic heterocycles. The Hall–Kier alpha value is -2.14. The Morgan fingerprint density at radius 1 is 1.24 bits per heavy atom. The molecular weight excluding hydrogens is 282 g/mol. The highest BCUT2D eigenvalue weighted by Crippen LogP contribution is 2.14. The van der Waals surface area contributed by atoms with Gasteiger partial charge in [-0.15, -0.1) is 11.3 Å². The molecule has 0 fully saturated rings. The zero-order valence-corrected chi connectivity index (χ0v) is 13.1. The van der Waals surface area contributed by atoms with Gasteiger partial charge in [0.05, 0.1) is 11.1 Å². The minimum atomic E-state index is -0.180.